The van der Waals surface area contributed by atoms with Gasteiger partial charge < -0.3 is 30.5 Å². The van der Waals surface area contributed by atoms with Crippen LogP contribution in [0.4, 0.5) is 17.3 Å². The van der Waals surface area contributed by atoms with Crippen molar-refractivity contribution in [1.82, 2.24) is 45.0 Å². The smallest absolute Gasteiger partial charge is 0.278 e. The number of piperidine rings is 2. The van der Waals surface area contributed by atoms with Crippen LogP contribution in [0.1, 0.15) is 79.4 Å². The van der Waals surface area contributed by atoms with Gasteiger partial charge in [-0.15, -0.1) is 6.58 Å². The standard InChI is InChI=1S/C47H53N11O5/c1-3-21-57-45(61)37-26-50-46(54-43(37)58(57)38-13-6-29-15-18-47(62,4-2)42(29)52-38)51-33-9-7-31(8-10-33)48-19-20-49-32-16-22-56(23-17-32)27-28-24-30-5-11-34-40(55-63-41(34)36(30)25-28)35-12-14-39(59)53-44(35)60/h3,5-11,13,26,28,32,35,48-49,62H,1,4,12,14-25,27H2,2H3,(H,50,51,54)(H,53,59,60)/t28?,35?,47-/m1/s1. The predicted molar refractivity (Wildman–Crippen MR) is 239 cm³/mol. The number of pyridine rings is 1. The zero-order chi connectivity index (χ0) is 43.2. The van der Waals surface area contributed by atoms with E-state index in [0.29, 0.717) is 71.8 Å². The molecule has 0 bridgehead atoms. The highest BCUT2D eigenvalue weighted by molar-refractivity contribution is 6.02. The van der Waals surface area contributed by atoms with Crippen molar-refractivity contribution in [3.8, 4) is 5.82 Å². The molecule has 16 heteroatoms. The summed E-state index contributed by atoms with van der Waals surface area (Å²) >= 11 is 0. The van der Waals surface area contributed by atoms with Crippen LogP contribution in [0.3, 0.4) is 0 Å². The van der Waals surface area contributed by atoms with Crippen LogP contribution < -0.4 is 26.8 Å². The van der Waals surface area contributed by atoms with E-state index in [4.69, 9.17) is 14.5 Å². The fourth-order valence-corrected chi connectivity index (χ4v) is 10.1. The second-order valence-electron chi connectivity index (χ2n) is 17.6. The molecule has 2 unspecified atom stereocenters. The van der Waals surface area contributed by atoms with Crippen LogP contribution in [-0.2, 0) is 41.0 Å². The number of carbonyl (C=O) groups is 2. The van der Waals surface area contributed by atoms with Crippen molar-refractivity contribution < 1.29 is 19.2 Å². The van der Waals surface area contributed by atoms with Crippen LogP contribution in [0.25, 0.3) is 27.8 Å². The molecule has 2 aliphatic carbocycles. The summed E-state index contributed by atoms with van der Waals surface area (Å²) in [7, 11) is 0. The third-order valence-corrected chi connectivity index (χ3v) is 13.6. The average molecular weight is 852 g/mol. The van der Waals surface area contributed by atoms with Crippen LogP contribution >= 0.6 is 0 Å². The lowest BCUT2D eigenvalue weighted by molar-refractivity contribution is -0.134. The van der Waals surface area contributed by atoms with Gasteiger partial charge in [0.25, 0.3) is 5.56 Å². The molecule has 0 spiro atoms. The summed E-state index contributed by atoms with van der Waals surface area (Å²) in [5, 5.41) is 29.9. The van der Waals surface area contributed by atoms with E-state index in [0.717, 1.165) is 92.7 Å². The van der Waals surface area contributed by atoms with E-state index in [1.54, 1.807) is 21.6 Å². The number of hydrogen-bond acceptors (Lipinski definition) is 13. The first kappa shape index (κ1) is 40.8. The van der Waals surface area contributed by atoms with Gasteiger partial charge in [-0.1, -0.05) is 30.3 Å². The Morgan fingerprint density at radius 3 is 2.56 bits per heavy atom. The topological polar surface area (TPSA) is 197 Å². The summed E-state index contributed by atoms with van der Waals surface area (Å²) in [6.45, 7) is 10.9. The zero-order valence-electron chi connectivity index (χ0n) is 35.5. The lowest BCUT2D eigenvalue weighted by Crippen LogP contribution is -2.45. The number of nitrogens with zero attached hydrogens (tertiary/aromatic N) is 7. The molecule has 2 amide bonds. The fourth-order valence-electron chi connectivity index (χ4n) is 10.1. The predicted octanol–water partition coefficient (Wildman–Crippen LogP) is 4.99. The summed E-state index contributed by atoms with van der Waals surface area (Å²) in [4.78, 5) is 54.5. The number of nitrogens with one attached hydrogen (secondary N) is 4. The van der Waals surface area contributed by atoms with Crippen molar-refractivity contribution in [1.29, 1.82) is 0 Å². The molecule has 4 aromatic heterocycles. The van der Waals surface area contributed by atoms with Gasteiger partial charge in [0, 0.05) is 60.6 Å². The molecule has 2 saturated heterocycles. The number of fused-ring (bicyclic) bond motifs is 5. The third kappa shape index (κ3) is 7.80. The third-order valence-electron chi connectivity index (χ3n) is 13.6. The first-order chi connectivity index (χ1) is 30.7. The zero-order valence-corrected chi connectivity index (χ0v) is 35.5. The van der Waals surface area contributed by atoms with Gasteiger partial charge in [-0.05, 0) is 118 Å². The number of anilines is 3. The van der Waals surface area contributed by atoms with Crippen LogP contribution in [0.5, 0.6) is 0 Å². The molecule has 326 valence electrons. The van der Waals surface area contributed by atoms with Crippen molar-refractivity contribution >= 4 is 51.1 Å². The molecule has 6 heterocycles. The number of hydrogen-bond donors (Lipinski definition) is 5. The molecular formula is C47H53N11O5. The number of rotatable bonds is 14. The van der Waals surface area contributed by atoms with Gasteiger partial charge in [0.05, 0.1) is 18.2 Å². The van der Waals surface area contributed by atoms with Crippen molar-refractivity contribution in [2.24, 2.45) is 5.92 Å². The number of allylic oxidation sites excluding steroid dienone is 1. The maximum absolute atomic E-state index is 13.5. The van der Waals surface area contributed by atoms with Crippen LogP contribution in [0.15, 0.2) is 76.7 Å². The van der Waals surface area contributed by atoms with E-state index in [1.165, 1.54) is 11.1 Å². The molecule has 2 aliphatic heterocycles. The van der Waals surface area contributed by atoms with E-state index in [9.17, 15) is 19.5 Å². The molecule has 5 N–H and O–H groups in total. The lowest BCUT2D eigenvalue weighted by Gasteiger charge is -2.34. The maximum atomic E-state index is 13.5. The molecule has 0 saturated carbocycles. The summed E-state index contributed by atoms with van der Waals surface area (Å²) < 4.78 is 9.10. The van der Waals surface area contributed by atoms with Crippen molar-refractivity contribution in [2.75, 3.05) is 43.4 Å². The van der Waals surface area contributed by atoms with E-state index in [2.05, 4.69) is 49.0 Å². The number of aryl methyl sites for hydroxylation is 1. The molecule has 63 heavy (non-hydrogen) atoms. The minimum atomic E-state index is -0.993. The van der Waals surface area contributed by atoms with Gasteiger partial charge in [0.2, 0.25) is 17.8 Å². The number of benzene rings is 2. The number of likely N-dealkylation sites (tertiary alicyclic amines) is 1. The minimum Gasteiger partial charge on any atom is -0.384 e. The van der Waals surface area contributed by atoms with Gasteiger partial charge in [0.15, 0.2) is 17.0 Å². The molecule has 10 rings (SSSR count). The van der Waals surface area contributed by atoms with Gasteiger partial charge in [-0.25, -0.2) is 19.3 Å². The quantitative estimate of drug-likeness (QED) is 0.0559. The molecule has 2 aromatic carbocycles. The Morgan fingerprint density at radius 2 is 1.76 bits per heavy atom. The summed E-state index contributed by atoms with van der Waals surface area (Å²) in [6.07, 6.45) is 10.1. The highest BCUT2D eigenvalue weighted by Crippen LogP contribution is 2.40. The lowest BCUT2D eigenvalue weighted by atomic mass is 9.92. The van der Waals surface area contributed by atoms with Crippen molar-refractivity contribution in [2.45, 2.75) is 88.8 Å². The molecule has 6 aromatic rings. The van der Waals surface area contributed by atoms with E-state index >= 15 is 0 Å². The summed E-state index contributed by atoms with van der Waals surface area (Å²) in [6, 6.07) is 16.5. The monoisotopic (exact) mass is 851 g/mol. The summed E-state index contributed by atoms with van der Waals surface area (Å²) in [5.74, 6) is 0.387. The number of aromatic nitrogens is 6. The second-order valence-corrected chi connectivity index (χ2v) is 17.6. The van der Waals surface area contributed by atoms with E-state index in [-0.39, 0.29) is 23.9 Å². The highest BCUT2D eigenvalue weighted by atomic mass is 16.5. The Bertz CT molecular complexity index is 2790. The Labute approximate surface area is 364 Å². The van der Waals surface area contributed by atoms with Crippen LogP contribution in [-0.4, -0.2) is 90.1 Å². The number of amides is 2. The normalized spacial score (nSPS) is 21.5. The molecule has 0 radical (unpaired) electrons. The molecule has 16 nitrogen and oxygen atoms in total. The molecular weight excluding hydrogens is 799 g/mol. The van der Waals surface area contributed by atoms with Crippen LogP contribution in [0.2, 0.25) is 0 Å². The first-order valence-corrected chi connectivity index (χ1v) is 22.3. The average Bonchev–Trinajstić information content (AvgIpc) is 4.06. The van der Waals surface area contributed by atoms with Gasteiger partial charge >= 0.3 is 0 Å². The van der Waals surface area contributed by atoms with Gasteiger partial charge in [-0.3, -0.25) is 19.7 Å². The van der Waals surface area contributed by atoms with Crippen molar-refractivity contribution in [3.63, 3.8) is 0 Å². The van der Waals surface area contributed by atoms with E-state index < -0.39 is 11.5 Å². The molecule has 2 fully saturated rings. The number of imide groups is 1. The van der Waals surface area contributed by atoms with Crippen LogP contribution in [0, 0.1) is 5.92 Å². The Balaban J connectivity index is 0.697. The largest absolute Gasteiger partial charge is 0.384 e. The van der Waals surface area contributed by atoms with Gasteiger partial charge in [-0.2, -0.15) is 4.98 Å². The van der Waals surface area contributed by atoms with E-state index in [1.807, 2.05) is 49.4 Å². The minimum absolute atomic E-state index is 0.230. The number of aliphatic hydroxyl groups is 1. The molecule has 3 atom stereocenters. The maximum Gasteiger partial charge on any atom is 0.278 e. The fraction of sp³-hybridized carbons (Fsp3) is 0.426. The van der Waals surface area contributed by atoms with Gasteiger partial charge in [0.1, 0.15) is 16.7 Å². The Morgan fingerprint density at radius 1 is 0.952 bits per heavy atom. The van der Waals surface area contributed by atoms with Crippen molar-refractivity contribution in [3.05, 3.63) is 106 Å². The Kier molecular flexibility index (Phi) is 10.9. The molecule has 4 aliphatic rings. The highest BCUT2D eigenvalue weighted by Gasteiger charge is 2.38. The second kappa shape index (κ2) is 16.8. The Hall–Kier alpha value is -6.23. The SMILES string of the molecule is C=CCn1c(=O)c2cnc(Nc3ccc(NCCNC4CCN(CC5Cc6ccc7c(C8CCC(=O)NC8=O)noc7c6C5)CC4)cc3)nc2n1-c1ccc2c(n1)[C@@](O)(CC)CC2. The first-order valence-electron chi connectivity index (χ1n) is 22.3. The number of carbonyl (C=O) groups excluding carboxylic acids is 2. The summed E-state index contributed by atoms with van der Waals surface area (Å²) in [5.41, 5.74) is 6.62.